The second kappa shape index (κ2) is 7.26. The van der Waals surface area contributed by atoms with Gasteiger partial charge in [-0.15, -0.1) is 0 Å². The summed E-state index contributed by atoms with van der Waals surface area (Å²) in [4.78, 5) is 0. The van der Waals surface area contributed by atoms with Crippen molar-refractivity contribution in [2.75, 3.05) is 6.61 Å². The Balaban J connectivity index is 1.72. The summed E-state index contributed by atoms with van der Waals surface area (Å²) in [5, 5.41) is 7.18. The Morgan fingerprint density at radius 3 is 2.67 bits per heavy atom. The highest BCUT2D eigenvalue weighted by Crippen LogP contribution is 2.47. The van der Waals surface area contributed by atoms with Gasteiger partial charge in [0.15, 0.2) is 17.7 Å². The van der Waals surface area contributed by atoms with E-state index in [1.54, 1.807) is 0 Å². The van der Waals surface area contributed by atoms with Crippen molar-refractivity contribution in [2.24, 2.45) is 11.0 Å². The van der Waals surface area contributed by atoms with Crippen LogP contribution in [0, 0.1) is 12.8 Å². The van der Waals surface area contributed by atoms with Crippen LogP contribution in [0.3, 0.4) is 0 Å². The van der Waals surface area contributed by atoms with Crippen molar-refractivity contribution >= 4 is 5.71 Å². The van der Waals surface area contributed by atoms with Gasteiger partial charge in [-0.05, 0) is 31.4 Å². The minimum absolute atomic E-state index is 0.0629. The van der Waals surface area contributed by atoms with E-state index in [0.29, 0.717) is 12.5 Å². The molecule has 142 valence electrons. The first-order valence-electron chi connectivity index (χ1n) is 9.92. The van der Waals surface area contributed by atoms with Crippen LogP contribution < -0.4 is 9.47 Å². The number of ether oxygens (including phenoxy) is 2. The number of hydrogen-bond donors (Lipinski definition) is 0. The first kappa shape index (κ1) is 17.9. The molecule has 2 aliphatic rings. The molecular formula is C23H28N2O2. The van der Waals surface area contributed by atoms with Gasteiger partial charge in [0.1, 0.15) is 0 Å². The molecule has 0 amide bonds. The molecule has 27 heavy (non-hydrogen) atoms. The van der Waals surface area contributed by atoms with Gasteiger partial charge in [-0.2, -0.15) is 5.10 Å². The number of benzene rings is 2. The fraction of sp³-hybridized carbons (Fsp3) is 0.435. The lowest BCUT2D eigenvalue weighted by atomic mass is 9.95. The fourth-order valence-corrected chi connectivity index (χ4v) is 3.91. The summed E-state index contributed by atoms with van der Waals surface area (Å²) < 4.78 is 12.3. The molecule has 2 heterocycles. The highest BCUT2D eigenvalue weighted by atomic mass is 16.5. The lowest BCUT2D eigenvalue weighted by Crippen LogP contribution is -2.41. The molecule has 4 rings (SSSR count). The molecule has 2 aromatic rings. The largest absolute Gasteiger partial charge is 0.490 e. The van der Waals surface area contributed by atoms with E-state index in [-0.39, 0.29) is 12.3 Å². The Morgan fingerprint density at radius 1 is 1.19 bits per heavy atom. The van der Waals surface area contributed by atoms with Crippen LogP contribution in [-0.4, -0.2) is 23.6 Å². The van der Waals surface area contributed by atoms with Crippen LogP contribution in [0.2, 0.25) is 0 Å². The number of fused-ring (bicyclic) bond motifs is 3. The Kier molecular flexibility index (Phi) is 4.81. The minimum atomic E-state index is -0.0629. The average Bonchev–Trinajstić information content (AvgIpc) is 3.09. The second-order valence-electron chi connectivity index (χ2n) is 7.82. The van der Waals surface area contributed by atoms with E-state index in [2.05, 4.69) is 62.2 Å². The number of rotatable bonds is 5. The molecule has 0 saturated heterocycles. The summed E-state index contributed by atoms with van der Waals surface area (Å²) in [6.45, 7) is 9.20. The maximum absolute atomic E-state index is 6.44. The average molecular weight is 364 g/mol. The van der Waals surface area contributed by atoms with Crippen molar-refractivity contribution in [3.63, 3.8) is 0 Å². The zero-order valence-electron chi connectivity index (χ0n) is 16.6. The van der Waals surface area contributed by atoms with Gasteiger partial charge in [0, 0.05) is 18.4 Å². The van der Waals surface area contributed by atoms with Crippen LogP contribution >= 0.6 is 0 Å². The molecule has 0 aromatic heterocycles. The summed E-state index contributed by atoms with van der Waals surface area (Å²) in [6.07, 6.45) is 1.76. The number of hydrogen-bond acceptors (Lipinski definition) is 4. The van der Waals surface area contributed by atoms with Crippen LogP contribution in [0.25, 0.3) is 0 Å². The van der Waals surface area contributed by atoms with Crippen molar-refractivity contribution in [1.82, 2.24) is 5.01 Å². The summed E-state index contributed by atoms with van der Waals surface area (Å²) >= 11 is 0. The van der Waals surface area contributed by atoms with Crippen molar-refractivity contribution < 1.29 is 9.47 Å². The molecule has 0 bridgehead atoms. The van der Waals surface area contributed by atoms with Crippen LogP contribution in [0.4, 0.5) is 0 Å². The van der Waals surface area contributed by atoms with Gasteiger partial charge in [-0.25, -0.2) is 0 Å². The topological polar surface area (TPSA) is 34.1 Å². The number of para-hydroxylation sites is 1. The second-order valence-corrected chi connectivity index (χ2v) is 7.82. The number of nitrogens with zero attached hydrogens (tertiary/aromatic N) is 2. The maximum Gasteiger partial charge on any atom is 0.188 e. The molecule has 0 spiro atoms. The molecule has 4 nitrogen and oxygen atoms in total. The molecule has 2 atom stereocenters. The van der Waals surface area contributed by atoms with Crippen molar-refractivity contribution in [3.05, 3.63) is 59.2 Å². The van der Waals surface area contributed by atoms with E-state index in [4.69, 9.17) is 14.6 Å². The molecule has 4 heteroatoms. The predicted molar refractivity (Wildman–Crippen MR) is 108 cm³/mol. The summed E-state index contributed by atoms with van der Waals surface area (Å²) in [7, 11) is 0. The van der Waals surface area contributed by atoms with E-state index >= 15 is 0 Å². The molecule has 0 unspecified atom stereocenters. The predicted octanol–water partition coefficient (Wildman–Crippen LogP) is 5.31. The first-order chi connectivity index (χ1) is 13.1. The number of hydrazone groups is 1. The van der Waals surface area contributed by atoms with E-state index < -0.39 is 0 Å². The first-order valence-corrected chi connectivity index (χ1v) is 9.92. The minimum Gasteiger partial charge on any atom is -0.490 e. The summed E-state index contributed by atoms with van der Waals surface area (Å²) in [6, 6.07) is 15.0. The molecular weight excluding hydrogens is 336 g/mol. The van der Waals surface area contributed by atoms with Crippen LogP contribution in [-0.2, 0) is 0 Å². The summed E-state index contributed by atoms with van der Waals surface area (Å²) in [5.74, 6) is 2.26. The van der Waals surface area contributed by atoms with Gasteiger partial charge in [-0.1, -0.05) is 55.8 Å². The van der Waals surface area contributed by atoms with Crippen LogP contribution in [0.1, 0.15) is 56.3 Å². The monoisotopic (exact) mass is 364 g/mol. The molecule has 2 aromatic carbocycles. The lowest BCUT2D eigenvalue weighted by Gasteiger charge is -2.39. The molecule has 0 N–H and O–H groups in total. The highest BCUT2D eigenvalue weighted by Gasteiger charge is 2.41. The summed E-state index contributed by atoms with van der Waals surface area (Å²) in [5.41, 5.74) is 4.77. The van der Waals surface area contributed by atoms with Crippen molar-refractivity contribution in [3.8, 4) is 11.5 Å². The SMILES string of the molecule is CCOc1cccc2c1O[C@H](CC(C)C)N1N=C(c3ccc(C)cc3)C[C@@H]21. The van der Waals surface area contributed by atoms with Gasteiger partial charge in [0.2, 0.25) is 0 Å². The maximum atomic E-state index is 6.44. The Hall–Kier alpha value is -2.49. The Morgan fingerprint density at radius 2 is 1.96 bits per heavy atom. The van der Waals surface area contributed by atoms with Crippen LogP contribution in [0.15, 0.2) is 47.6 Å². The van der Waals surface area contributed by atoms with Gasteiger partial charge in [-0.3, -0.25) is 5.01 Å². The van der Waals surface area contributed by atoms with Gasteiger partial charge in [0.05, 0.1) is 18.4 Å². The smallest absolute Gasteiger partial charge is 0.188 e. The van der Waals surface area contributed by atoms with Gasteiger partial charge in [0.25, 0.3) is 0 Å². The zero-order valence-corrected chi connectivity index (χ0v) is 16.6. The zero-order chi connectivity index (χ0) is 19.0. The van der Waals surface area contributed by atoms with Crippen LogP contribution in [0.5, 0.6) is 11.5 Å². The molecule has 0 saturated carbocycles. The van der Waals surface area contributed by atoms with E-state index in [1.807, 2.05) is 13.0 Å². The van der Waals surface area contributed by atoms with Gasteiger partial charge < -0.3 is 9.47 Å². The van der Waals surface area contributed by atoms with E-state index in [0.717, 1.165) is 30.1 Å². The standard InChI is InChI=1S/C23H28N2O2/c1-5-26-21-8-6-7-18-20-14-19(17-11-9-16(4)10-12-17)24-25(20)22(13-15(2)3)27-23(18)21/h6-12,15,20,22H,5,13-14H2,1-4H3/t20-,22+/m0/s1. The third-order valence-corrected chi connectivity index (χ3v) is 5.22. The van der Waals surface area contributed by atoms with E-state index in [1.165, 1.54) is 16.7 Å². The highest BCUT2D eigenvalue weighted by molar-refractivity contribution is 6.02. The molecule has 2 aliphatic heterocycles. The van der Waals surface area contributed by atoms with Crippen molar-refractivity contribution in [2.45, 2.75) is 52.8 Å². The molecule has 0 aliphatic carbocycles. The lowest BCUT2D eigenvalue weighted by molar-refractivity contribution is -0.0310. The molecule has 0 fully saturated rings. The van der Waals surface area contributed by atoms with Gasteiger partial charge >= 0.3 is 0 Å². The third-order valence-electron chi connectivity index (χ3n) is 5.22. The normalized spacial score (nSPS) is 20.8. The third kappa shape index (κ3) is 3.41. The Bertz CT molecular complexity index is 842. The van der Waals surface area contributed by atoms with E-state index in [9.17, 15) is 0 Å². The Labute approximate surface area is 161 Å². The quantitative estimate of drug-likeness (QED) is 0.721. The number of aryl methyl sites for hydroxylation is 1. The fourth-order valence-electron chi connectivity index (χ4n) is 3.91. The molecule has 0 radical (unpaired) electrons. The van der Waals surface area contributed by atoms with Crippen molar-refractivity contribution in [1.29, 1.82) is 0 Å².